The highest BCUT2D eigenvalue weighted by Crippen LogP contribution is 2.18. The van der Waals surface area contributed by atoms with Crippen LogP contribution in [0.4, 0.5) is 5.95 Å². The molecule has 0 unspecified atom stereocenters. The first kappa shape index (κ1) is 12.2. The van der Waals surface area contributed by atoms with Crippen LogP contribution in [-0.4, -0.2) is 33.6 Å². The molecule has 0 radical (unpaired) electrons. The minimum atomic E-state index is 0.297. The van der Waals surface area contributed by atoms with E-state index in [0.29, 0.717) is 17.8 Å². The molecule has 0 saturated carbocycles. The van der Waals surface area contributed by atoms with Gasteiger partial charge < -0.3 is 10.1 Å². The van der Waals surface area contributed by atoms with Gasteiger partial charge in [-0.05, 0) is 26.0 Å². The molecule has 2 rings (SSSR count). The number of ether oxygens (including phenoxy) is 1. The van der Waals surface area contributed by atoms with E-state index in [1.165, 1.54) is 7.11 Å². The van der Waals surface area contributed by atoms with Gasteiger partial charge in [-0.3, -0.25) is 4.98 Å². The van der Waals surface area contributed by atoms with Crippen LogP contribution in [0.1, 0.15) is 12.6 Å². The van der Waals surface area contributed by atoms with E-state index in [4.69, 9.17) is 4.74 Å². The summed E-state index contributed by atoms with van der Waals surface area (Å²) in [6.07, 6.45) is 1.73. The SMILES string of the molecule is CCNc1nc(OC)nc(-c2ccnc(C)c2)n1. The van der Waals surface area contributed by atoms with Crippen molar-refractivity contribution in [1.82, 2.24) is 19.9 Å². The number of nitrogens with zero attached hydrogens (tertiary/aromatic N) is 4. The Labute approximate surface area is 105 Å². The van der Waals surface area contributed by atoms with Crippen LogP contribution in [0.3, 0.4) is 0 Å². The third-order valence-corrected chi connectivity index (χ3v) is 2.29. The number of rotatable bonds is 4. The van der Waals surface area contributed by atoms with Crippen LogP contribution in [0.5, 0.6) is 6.01 Å². The molecular formula is C12H15N5O. The van der Waals surface area contributed by atoms with Gasteiger partial charge >= 0.3 is 6.01 Å². The molecule has 18 heavy (non-hydrogen) atoms. The van der Waals surface area contributed by atoms with Gasteiger partial charge in [-0.25, -0.2) is 0 Å². The molecule has 6 nitrogen and oxygen atoms in total. The first-order valence-electron chi connectivity index (χ1n) is 5.70. The Balaban J connectivity index is 2.46. The first-order chi connectivity index (χ1) is 8.72. The maximum atomic E-state index is 5.08. The number of aromatic nitrogens is 4. The Bertz CT molecular complexity index is 544. The third-order valence-electron chi connectivity index (χ3n) is 2.29. The van der Waals surface area contributed by atoms with Crippen molar-refractivity contribution in [3.63, 3.8) is 0 Å². The van der Waals surface area contributed by atoms with Gasteiger partial charge in [0.15, 0.2) is 5.82 Å². The second kappa shape index (κ2) is 5.39. The van der Waals surface area contributed by atoms with Crippen molar-refractivity contribution >= 4 is 5.95 Å². The fourth-order valence-electron chi connectivity index (χ4n) is 1.50. The summed E-state index contributed by atoms with van der Waals surface area (Å²) in [4.78, 5) is 16.8. The molecule has 0 spiro atoms. The Hall–Kier alpha value is -2.24. The monoisotopic (exact) mass is 245 g/mol. The van der Waals surface area contributed by atoms with E-state index in [9.17, 15) is 0 Å². The van der Waals surface area contributed by atoms with Gasteiger partial charge in [0.05, 0.1) is 7.11 Å². The molecule has 0 saturated heterocycles. The molecule has 2 aromatic rings. The van der Waals surface area contributed by atoms with E-state index in [1.807, 2.05) is 26.0 Å². The van der Waals surface area contributed by atoms with Gasteiger partial charge in [0, 0.05) is 24.0 Å². The highest BCUT2D eigenvalue weighted by atomic mass is 16.5. The molecule has 0 amide bonds. The lowest BCUT2D eigenvalue weighted by Gasteiger charge is -2.07. The van der Waals surface area contributed by atoms with Crippen LogP contribution in [-0.2, 0) is 0 Å². The summed E-state index contributed by atoms with van der Waals surface area (Å²) in [5, 5.41) is 3.05. The topological polar surface area (TPSA) is 72.8 Å². The van der Waals surface area contributed by atoms with Gasteiger partial charge in [-0.1, -0.05) is 0 Å². The van der Waals surface area contributed by atoms with Crippen LogP contribution in [0.2, 0.25) is 0 Å². The second-order valence-corrected chi connectivity index (χ2v) is 3.69. The average Bonchev–Trinajstić information content (AvgIpc) is 2.39. The van der Waals surface area contributed by atoms with Crippen LogP contribution in [0.15, 0.2) is 18.3 Å². The minimum absolute atomic E-state index is 0.297. The zero-order valence-electron chi connectivity index (χ0n) is 10.6. The smallest absolute Gasteiger partial charge is 0.321 e. The summed E-state index contributed by atoms with van der Waals surface area (Å²) in [6, 6.07) is 4.08. The Kier molecular flexibility index (Phi) is 3.66. The fraction of sp³-hybridized carbons (Fsp3) is 0.333. The molecule has 0 fully saturated rings. The van der Waals surface area contributed by atoms with Crippen molar-refractivity contribution in [3.05, 3.63) is 24.0 Å². The number of hydrogen-bond donors (Lipinski definition) is 1. The number of nitrogens with one attached hydrogen (secondary N) is 1. The van der Waals surface area contributed by atoms with Crippen LogP contribution < -0.4 is 10.1 Å². The van der Waals surface area contributed by atoms with Crippen LogP contribution in [0, 0.1) is 6.92 Å². The molecule has 2 aromatic heterocycles. The summed E-state index contributed by atoms with van der Waals surface area (Å²) in [5.74, 6) is 1.08. The number of anilines is 1. The molecule has 2 heterocycles. The van der Waals surface area contributed by atoms with Crippen molar-refractivity contribution in [2.45, 2.75) is 13.8 Å². The zero-order valence-corrected chi connectivity index (χ0v) is 10.6. The van der Waals surface area contributed by atoms with Crippen molar-refractivity contribution < 1.29 is 4.74 Å². The maximum Gasteiger partial charge on any atom is 0.321 e. The highest BCUT2D eigenvalue weighted by molar-refractivity contribution is 5.56. The molecule has 0 aliphatic rings. The molecule has 94 valence electrons. The fourth-order valence-corrected chi connectivity index (χ4v) is 1.50. The molecule has 6 heteroatoms. The normalized spacial score (nSPS) is 10.2. The number of methoxy groups -OCH3 is 1. The minimum Gasteiger partial charge on any atom is -0.467 e. The third kappa shape index (κ3) is 2.71. The van der Waals surface area contributed by atoms with E-state index in [2.05, 4.69) is 25.3 Å². The van der Waals surface area contributed by atoms with Gasteiger partial charge in [0.25, 0.3) is 0 Å². The predicted octanol–water partition coefficient (Wildman–Crippen LogP) is 1.68. The quantitative estimate of drug-likeness (QED) is 0.883. The molecular weight excluding hydrogens is 230 g/mol. The molecule has 0 aromatic carbocycles. The lowest BCUT2D eigenvalue weighted by Crippen LogP contribution is -2.06. The van der Waals surface area contributed by atoms with E-state index < -0.39 is 0 Å². The van der Waals surface area contributed by atoms with E-state index in [0.717, 1.165) is 17.8 Å². The summed E-state index contributed by atoms with van der Waals surface area (Å²) in [7, 11) is 1.53. The van der Waals surface area contributed by atoms with E-state index >= 15 is 0 Å². The second-order valence-electron chi connectivity index (χ2n) is 3.69. The first-order valence-corrected chi connectivity index (χ1v) is 5.70. The van der Waals surface area contributed by atoms with Crippen molar-refractivity contribution in [2.75, 3.05) is 19.0 Å². The van der Waals surface area contributed by atoms with Gasteiger partial charge in [-0.2, -0.15) is 15.0 Å². The summed E-state index contributed by atoms with van der Waals surface area (Å²) in [5.41, 5.74) is 1.80. The lowest BCUT2D eigenvalue weighted by molar-refractivity contribution is 0.379. The Morgan fingerprint density at radius 2 is 2.11 bits per heavy atom. The molecule has 0 atom stereocenters. The van der Waals surface area contributed by atoms with Crippen LogP contribution >= 0.6 is 0 Å². The molecule has 0 aliphatic heterocycles. The van der Waals surface area contributed by atoms with Gasteiger partial charge in [0.1, 0.15) is 0 Å². The summed E-state index contributed by atoms with van der Waals surface area (Å²) >= 11 is 0. The molecule has 0 bridgehead atoms. The number of hydrogen-bond acceptors (Lipinski definition) is 6. The van der Waals surface area contributed by atoms with Crippen molar-refractivity contribution in [1.29, 1.82) is 0 Å². The largest absolute Gasteiger partial charge is 0.467 e. The van der Waals surface area contributed by atoms with E-state index in [-0.39, 0.29) is 0 Å². The van der Waals surface area contributed by atoms with Crippen LogP contribution in [0.25, 0.3) is 11.4 Å². The molecule has 1 N–H and O–H groups in total. The maximum absolute atomic E-state index is 5.08. The number of pyridine rings is 1. The lowest BCUT2D eigenvalue weighted by atomic mass is 10.2. The standard InChI is InChI=1S/C12H15N5O/c1-4-13-11-15-10(16-12(17-11)18-3)9-5-6-14-8(2)7-9/h5-7H,4H2,1-3H3,(H,13,15,16,17). The van der Waals surface area contributed by atoms with Gasteiger partial charge in [0.2, 0.25) is 5.95 Å². The van der Waals surface area contributed by atoms with Crippen molar-refractivity contribution in [2.24, 2.45) is 0 Å². The summed E-state index contributed by atoms with van der Waals surface area (Å²) in [6.45, 7) is 4.64. The van der Waals surface area contributed by atoms with Gasteiger partial charge in [-0.15, -0.1) is 0 Å². The highest BCUT2D eigenvalue weighted by Gasteiger charge is 2.08. The Morgan fingerprint density at radius 3 is 2.78 bits per heavy atom. The summed E-state index contributed by atoms with van der Waals surface area (Å²) < 4.78 is 5.08. The van der Waals surface area contributed by atoms with E-state index in [1.54, 1.807) is 6.20 Å². The average molecular weight is 245 g/mol. The Morgan fingerprint density at radius 1 is 1.28 bits per heavy atom. The van der Waals surface area contributed by atoms with Crippen molar-refractivity contribution in [3.8, 4) is 17.4 Å². The molecule has 0 aliphatic carbocycles. The number of aryl methyl sites for hydroxylation is 1. The predicted molar refractivity (Wildman–Crippen MR) is 68.5 cm³/mol. The zero-order chi connectivity index (χ0) is 13.0.